The number of ether oxygens (including phenoxy) is 2. The lowest BCUT2D eigenvalue weighted by Crippen LogP contribution is -2.22. The molecule has 2 heterocycles. The Balaban J connectivity index is 2.04. The maximum atomic E-state index is 13.9. The van der Waals surface area contributed by atoms with E-state index in [0.29, 0.717) is 29.4 Å². The molecule has 0 amide bonds. The largest absolute Gasteiger partial charge is 0.361 e. The van der Waals surface area contributed by atoms with E-state index in [1.807, 2.05) is 12.1 Å². The molecule has 11 heteroatoms. The third-order valence-electron chi connectivity index (χ3n) is 5.38. The molecule has 35 heavy (non-hydrogen) atoms. The first-order valence-corrected chi connectivity index (χ1v) is 17.2. The number of halogens is 2. The summed E-state index contributed by atoms with van der Waals surface area (Å²) in [6, 6.07) is 10.7. The van der Waals surface area contributed by atoms with Gasteiger partial charge in [-0.3, -0.25) is 4.98 Å². The smallest absolute Gasteiger partial charge is 0.194 e. The molecule has 2 aromatic heterocycles. The summed E-state index contributed by atoms with van der Waals surface area (Å²) >= 11 is 6.07. The summed E-state index contributed by atoms with van der Waals surface area (Å²) in [5.74, 6) is -0.237. The summed E-state index contributed by atoms with van der Waals surface area (Å²) in [6.07, 6.45) is 1.92. The van der Waals surface area contributed by atoms with Gasteiger partial charge < -0.3 is 14.0 Å². The molecule has 0 spiro atoms. The number of aromatic nitrogens is 3. The average Bonchev–Trinajstić information content (AvgIpc) is 3.10. The fourth-order valence-corrected chi connectivity index (χ4v) is 5.28. The van der Waals surface area contributed by atoms with Crippen molar-refractivity contribution in [3.63, 3.8) is 0 Å². The highest BCUT2D eigenvalue weighted by molar-refractivity contribution is 7.90. The lowest BCUT2D eigenvalue weighted by Gasteiger charge is -2.21. The van der Waals surface area contributed by atoms with E-state index < -0.39 is 29.8 Å². The van der Waals surface area contributed by atoms with Crippen LogP contribution in [0.5, 0.6) is 0 Å². The Morgan fingerprint density at radius 2 is 1.94 bits per heavy atom. The van der Waals surface area contributed by atoms with Crippen molar-refractivity contribution >= 4 is 29.5 Å². The predicted molar refractivity (Wildman–Crippen MR) is 136 cm³/mol. The maximum absolute atomic E-state index is 13.9. The van der Waals surface area contributed by atoms with Crippen LogP contribution >= 0.6 is 11.6 Å². The molecule has 0 saturated heterocycles. The van der Waals surface area contributed by atoms with E-state index in [9.17, 15) is 12.8 Å². The standard InChI is InChI=1S/C24H31ClFN3O4SSi/c1-17-24(34(2,30)31)28-23(29(17)16-32-12-13-35(3,4)5)22(18-9-10-21(26)20(25)14-18)33-15-19-8-6-7-11-27-19/h6-11,14,22H,12-13,15-16H2,1-5H3. The van der Waals surface area contributed by atoms with Crippen molar-refractivity contribution in [2.45, 2.75) is 57.1 Å². The number of sulfone groups is 1. The van der Waals surface area contributed by atoms with Crippen LogP contribution in [-0.2, 0) is 32.6 Å². The third-order valence-corrected chi connectivity index (χ3v) is 8.46. The van der Waals surface area contributed by atoms with Crippen LogP contribution < -0.4 is 0 Å². The van der Waals surface area contributed by atoms with Gasteiger partial charge >= 0.3 is 0 Å². The molecule has 0 fully saturated rings. The third kappa shape index (κ3) is 7.44. The molecule has 1 unspecified atom stereocenters. The summed E-state index contributed by atoms with van der Waals surface area (Å²) < 4.78 is 52.7. The fourth-order valence-electron chi connectivity index (χ4n) is 3.43. The van der Waals surface area contributed by atoms with Crippen LogP contribution in [0.4, 0.5) is 4.39 Å². The van der Waals surface area contributed by atoms with E-state index in [1.165, 1.54) is 12.1 Å². The van der Waals surface area contributed by atoms with Gasteiger partial charge in [0.05, 0.1) is 23.0 Å². The number of hydrogen-bond acceptors (Lipinski definition) is 6. The minimum Gasteiger partial charge on any atom is -0.361 e. The van der Waals surface area contributed by atoms with E-state index in [0.717, 1.165) is 12.3 Å². The normalized spacial score (nSPS) is 13.2. The maximum Gasteiger partial charge on any atom is 0.194 e. The predicted octanol–water partition coefficient (Wildman–Crippen LogP) is 5.40. The summed E-state index contributed by atoms with van der Waals surface area (Å²) in [5.41, 5.74) is 1.64. The zero-order chi connectivity index (χ0) is 25.8. The SMILES string of the molecule is Cc1c(S(C)(=O)=O)nc(C(OCc2ccccn2)c2ccc(F)c(Cl)c2)n1COCC[Si](C)(C)C. The Morgan fingerprint density at radius 3 is 2.54 bits per heavy atom. The monoisotopic (exact) mass is 539 g/mol. The first-order chi connectivity index (χ1) is 16.4. The number of rotatable bonds is 11. The Morgan fingerprint density at radius 1 is 1.20 bits per heavy atom. The van der Waals surface area contributed by atoms with Crippen molar-refractivity contribution in [2.75, 3.05) is 12.9 Å². The van der Waals surface area contributed by atoms with Crippen molar-refractivity contribution in [3.05, 3.63) is 76.2 Å². The molecule has 3 rings (SSSR count). The molecule has 0 N–H and O–H groups in total. The second kappa shape index (κ2) is 11.3. The number of benzene rings is 1. The minimum absolute atomic E-state index is 0.0547. The van der Waals surface area contributed by atoms with Crippen LogP contribution in [0, 0.1) is 12.7 Å². The summed E-state index contributed by atoms with van der Waals surface area (Å²) in [7, 11) is -4.93. The Kier molecular flexibility index (Phi) is 8.87. The van der Waals surface area contributed by atoms with Gasteiger partial charge in [-0.05, 0) is 42.8 Å². The lowest BCUT2D eigenvalue weighted by molar-refractivity contribution is 0.0417. The molecule has 190 valence electrons. The van der Waals surface area contributed by atoms with Crippen molar-refractivity contribution in [1.82, 2.24) is 14.5 Å². The van der Waals surface area contributed by atoms with E-state index in [1.54, 1.807) is 29.8 Å². The van der Waals surface area contributed by atoms with Gasteiger partial charge in [0.1, 0.15) is 24.5 Å². The minimum atomic E-state index is -3.62. The molecule has 0 aliphatic carbocycles. The highest BCUT2D eigenvalue weighted by atomic mass is 35.5. The van der Waals surface area contributed by atoms with Crippen molar-refractivity contribution in [2.24, 2.45) is 0 Å². The first-order valence-electron chi connectivity index (χ1n) is 11.2. The zero-order valence-corrected chi connectivity index (χ0v) is 23.2. The van der Waals surface area contributed by atoms with E-state index in [4.69, 9.17) is 21.1 Å². The second-order valence-corrected chi connectivity index (χ2v) is 17.6. The van der Waals surface area contributed by atoms with Crippen LogP contribution in [-0.4, -0.2) is 43.9 Å². The second-order valence-electron chi connectivity index (χ2n) is 9.59. The van der Waals surface area contributed by atoms with Crippen molar-refractivity contribution in [3.8, 4) is 0 Å². The fraction of sp³-hybridized carbons (Fsp3) is 0.417. The zero-order valence-electron chi connectivity index (χ0n) is 20.6. The van der Waals surface area contributed by atoms with Gasteiger partial charge in [0, 0.05) is 27.1 Å². The van der Waals surface area contributed by atoms with Crippen molar-refractivity contribution < 1.29 is 22.3 Å². The van der Waals surface area contributed by atoms with E-state index >= 15 is 0 Å². The molecule has 1 aromatic carbocycles. The van der Waals surface area contributed by atoms with Gasteiger partial charge in [0.15, 0.2) is 14.9 Å². The molecular formula is C24H31ClFN3O4SSi. The van der Waals surface area contributed by atoms with Gasteiger partial charge in [0.2, 0.25) is 0 Å². The summed E-state index contributed by atoms with van der Waals surface area (Å²) in [6.45, 7) is 9.22. The van der Waals surface area contributed by atoms with Crippen LogP contribution in [0.25, 0.3) is 0 Å². The molecule has 0 saturated carbocycles. The molecule has 1 atom stereocenters. The number of hydrogen-bond donors (Lipinski definition) is 0. The molecule has 0 aliphatic rings. The van der Waals surface area contributed by atoms with Crippen LogP contribution in [0.3, 0.4) is 0 Å². The number of nitrogens with zero attached hydrogens (tertiary/aromatic N) is 3. The average molecular weight is 540 g/mol. The number of imidazole rings is 1. The van der Waals surface area contributed by atoms with Crippen LogP contribution in [0.2, 0.25) is 30.7 Å². The van der Waals surface area contributed by atoms with E-state index in [2.05, 4.69) is 29.6 Å². The van der Waals surface area contributed by atoms with Gasteiger partial charge in [-0.1, -0.05) is 43.4 Å². The molecule has 0 aliphatic heterocycles. The molecule has 3 aromatic rings. The Hall–Kier alpha value is -2.11. The van der Waals surface area contributed by atoms with Crippen LogP contribution in [0.1, 0.15) is 28.9 Å². The molecule has 0 bridgehead atoms. The summed E-state index contributed by atoms with van der Waals surface area (Å²) in [4.78, 5) is 8.75. The molecule has 7 nitrogen and oxygen atoms in total. The highest BCUT2D eigenvalue weighted by Gasteiger charge is 2.29. The summed E-state index contributed by atoms with van der Waals surface area (Å²) in [5, 5.41) is -0.126. The highest BCUT2D eigenvalue weighted by Crippen LogP contribution is 2.32. The van der Waals surface area contributed by atoms with E-state index in [-0.39, 0.29) is 23.4 Å². The Labute approximate surface area is 212 Å². The van der Waals surface area contributed by atoms with Crippen LogP contribution in [0.15, 0.2) is 47.6 Å². The van der Waals surface area contributed by atoms with Gasteiger partial charge in [-0.25, -0.2) is 17.8 Å². The van der Waals surface area contributed by atoms with Gasteiger partial charge in [-0.15, -0.1) is 0 Å². The molecule has 0 radical (unpaired) electrons. The van der Waals surface area contributed by atoms with Crippen molar-refractivity contribution in [1.29, 1.82) is 0 Å². The lowest BCUT2D eigenvalue weighted by atomic mass is 10.1. The first kappa shape index (κ1) is 27.5. The number of pyridine rings is 1. The topological polar surface area (TPSA) is 83.3 Å². The van der Waals surface area contributed by atoms with Gasteiger partial charge in [0.25, 0.3) is 0 Å². The van der Waals surface area contributed by atoms with Gasteiger partial charge in [-0.2, -0.15) is 0 Å². The molecular weight excluding hydrogens is 509 g/mol. The Bertz CT molecular complexity index is 1260. The quantitative estimate of drug-likeness (QED) is 0.239.